The molecule has 2 nitrogen and oxygen atoms in total. The SMILES string of the molecule is CC(c1ccc(OCCCSCCSCCS)cc1)(c1ccc(OCCCSCCSCCS)cc1)C(F)(F)F. The van der Waals surface area contributed by atoms with Crippen molar-refractivity contribution in [1.29, 1.82) is 0 Å². The van der Waals surface area contributed by atoms with E-state index >= 15 is 0 Å². The molecular formula is C29H41F3O2S6. The first-order valence-corrected chi connectivity index (χ1v) is 19.3. The fourth-order valence-electron chi connectivity index (χ4n) is 3.74. The molecule has 226 valence electrons. The fourth-order valence-corrected chi connectivity index (χ4v) is 8.12. The van der Waals surface area contributed by atoms with Crippen molar-refractivity contribution in [2.24, 2.45) is 0 Å². The van der Waals surface area contributed by atoms with Crippen LogP contribution in [0.2, 0.25) is 0 Å². The molecule has 0 saturated carbocycles. The molecule has 2 rings (SSSR count). The highest BCUT2D eigenvalue weighted by atomic mass is 32.2. The molecule has 0 heterocycles. The largest absolute Gasteiger partial charge is 0.494 e. The summed E-state index contributed by atoms with van der Waals surface area (Å²) in [7, 11) is 0. The molecule has 0 radical (unpaired) electrons. The molecule has 0 saturated heterocycles. The van der Waals surface area contributed by atoms with Crippen LogP contribution in [0.4, 0.5) is 13.2 Å². The molecule has 0 aliphatic rings. The Hall–Kier alpha value is -0.0700. The maximum absolute atomic E-state index is 14.4. The lowest BCUT2D eigenvalue weighted by Crippen LogP contribution is -2.40. The zero-order valence-electron chi connectivity index (χ0n) is 23.0. The van der Waals surface area contributed by atoms with Crippen molar-refractivity contribution in [2.75, 3.05) is 70.7 Å². The molecule has 0 fully saturated rings. The van der Waals surface area contributed by atoms with Gasteiger partial charge in [0.1, 0.15) is 16.9 Å². The van der Waals surface area contributed by atoms with E-state index in [0.29, 0.717) is 24.7 Å². The second kappa shape index (κ2) is 20.8. The lowest BCUT2D eigenvalue weighted by molar-refractivity contribution is -0.173. The van der Waals surface area contributed by atoms with Gasteiger partial charge in [-0.15, -0.1) is 0 Å². The van der Waals surface area contributed by atoms with Gasteiger partial charge in [-0.05, 0) is 78.2 Å². The minimum atomic E-state index is -4.47. The van der Waals surface area contributed by atoms with Gasteiger partial charge >= 0.3 is 6.18 Å². The quantitative estimate of drug-likeness (QED) is 0.0956. The van der Waals surface area contributed by atoms with Crippen LogP contribution in [0.15, 0.2) is 48.5 Å². The van der Waals surface area contributed by atoms with Gasteiger partial charge in [-0.25, -0.2) is 0 Å². The summed E-state index contributed by atoms with van der Waals surface area (Å²) in [5.74, 6) is 11.6. The zero-order chi connectivity index (χ0) is 29.1. The van der Waals surface area contributed by atoms with E-state index in [0.717, 1.165) is 70.4 Å². The van der Waals surface area contributed by atoms with Gasteiger partial charge in [0.05, 0.1) is 13.2 Å². The van der Waals surface area contributed by atoms with E-state index < -0.39 is 11.6 Å². The van der Waals surface area contributed by atoms with Crippen molar-refractivity contribution < 1.29 is 22.6 Å². The van der Waals surface area contributed by atoms with Gasteiger partial charge in [-0.2, -0.15) is 85.5 Å². The monoisotopic (exact) mass is 670 g/mol. The Balaban J connectivity index is 1.84. The average molecular weight is 671 g/mol. The lowest BCUT2D eigenvalue weighted by Gasteiger charge is -2.33. The Labute approximate surface area is 266 Å². The molecule has 0 aliphatic carbocycles. The Bertz CT molecular complexity index is 848. The summed E-state index contributed by atoms with van der Waals surface area (Å²) in [6.07, 6.45) is -2.68. The van der Waals surface area contributed by atoms with Gasteiger partial charge in [-0.3, -0.25) is 0 Å². The number of ether oxygens (including phenoxy) is 2. The third-order valence-corrected chi connectivity index (χ3v) is 11.7. The minimum Gasteiger partial charge on any atom is -0.494 e. The molecule has 2 aromatic carbocycles. The van der Waals surface area contributed by atoms with Gasteiger partial charge in [0, 0.05) is 34.5 Å². The third kappa shape index (κ3) is 13.1. The lowest BCUT2D eigenvalue weighted by atomic mass is 9.75. The minimum absolute atomic E-state index is 0.180. The Morgan fingerprint density at radius 3 is 1.25 bits per heavy atom. The molecular weight excluding hydrogens is 630 g/mol. The number of thioether (sulfide) groups is 4. The summed E-state index contributed by atoms with van der Waals surface area (Å²) in [6, 6.07) is 12.6. The predicted molar refractivity (Wildman–Crippen MR) is 183 cm³/mol. The van der Waals surface area contributed by atoms with E-state index in [-0.39, 0.29) is 11.1 Å². The van der Waals surface area contributed by atoms with Crippen LogP contribution in [0, 0.1) is 0 Å². The topological polar surface area (TPSA) is 18.5 Å². The van der Waals surface area contributed by atoms with Crippen LogP contribution < -0.4 is 9.47 Å². The van der Waals surface area contributed by atoms with E-state index in [1.165, 1.54) is 31.2 Å². The first-order chi connectivity index (χ1) is 19.3. The number of thiol groups is 2. The summed E-state index contributed by atoms with van der Waals surface area (Å²) in [6.45, 7) is 2.32. The van der Waals surface area contributed by atoms with E-state index in [1.54, 1.807) is 24.3 Å². The summed E-state index contributed by atoms with van der Waals surface area (Å²) in [5.41, 5.74) is -1.78. The Morgan fingerprint density at radius 2 is 0.925 bits per heavy atom. The highest BCUT2D eigenvalue weighted by molar-refractivity contribution is 8.03. The van der Waals surface area contributed by atoms with E-state index in [2.05, 4.69) is 25.3 Å². The summed E-state index contributed by atoms with van der Waals surface area (Å²) in [5, 5.41) is 0. The molecule has 0 amide bonds. The van der Waals surface area contributed by atoms with Crippen LogP contribution in [-0.2, 0) is 5.41 Å². The number of rotatable bonds is 22. The van der Waals surface area contributed by atoms with Gasteiger partial charge in [-0.1, -0.05) is 24.3 Å². The third-order valence-electron chi connectivity index (χ3n) is 6.05. The van der Waals surface area contributed by atoms with Crippen molar-refractivity contribution in [3.8, 4) is 11.5 Å². The second-order valence-corrected chi connectivity index (χ2v) is 14.8. The highest BCUT2D eigenvalue weighted by Crippen LogP contribution is 2.46. The second-order valence-electron chi connectivity index (χ2n) is 8.97. The summed E-state index contributed by atoms with van der Waals surface area (Å²) >= 11 is 16.0. The summed E-state index contributed by atoms with van der Waals surface area (Å²) < 4.78 is 54.9. The first kappa shape index (κ1) is 36.1. The van der Waals surface area contributed by atoms with Gasteiger partial charge in [0.2, 0.25) is 0 Å². The molecule has 2 aromatic rings. The molecule has 0 N–H and O–H groups in total. The standard InChI is InChI=1S/C29H41F3O2S6/c1-28(29(30,31)32,24-4-8-26(9-5-24)33-12-2-16-37-20-22-39-18-14-35)25-6-10-27(11-7-25)34-13-3-17-38-21-23-40-19-15-36/h4-11,35-36H,2-3,12-23H2,1H3. The number of halogens is 3. The number of alkyl halides is 3. The van der Waals surface area contributed by atoms with Crippen LogP contribution in [0.25, 0.3) is 0 Å². The first-order valence-electron chi connectivity index (χ1n) is 13.4. The molecule has 0 bridgehead atoms. The van der Waals surface area contributed by atoms with Crippen molar-refractivity contribution in [2.45, 2.75) is 31.4 Å². The van der Waals surface area contributed by atoms with Crippen LogP contribution in [-0.4, -0.2) is 76.9 Å². The Morgan fingerprint density at radius 1 is 0.575 bits per heavy atom. The fraction of sp³-hybridized carbons (Fsp3) is 0.586. The van der Waals surface area contributed by atoms with Crippen LogP contribution in [0.5, 0.6) is 11.5 Å². The number of hydrogen-bond acceptors (Lipinski definition) is 8. The zero-order valence-corrected chi connectivity index (χ0v) is 28.1. The molecule has 11 heteroatoms. The molecule has 0 unspecified atom stereocenters. The normalized spacial score (nSPS) is 12.1. The maximum atomic E-state index is 14.4. The molecule has 0 aliphatic heterocycles. The smallest absolute Gasteiger partial charge is 0.402 e. The van der Waals surface area contributed by atoms with Crippen molar-refractivity contribution in [3.05, 3.63) is 59.7 Å². The van der Waals surface area contributed by atoms with Crippen molar-refractivity contribution in [3.63, 3.8) is 0 Å². The highest BCUT2D eigenvalue weighted by Gasteiger charge is 2.53. The molecule has 0 spiro atoms. The van der Waals surface area contributed by atoms with E-state index in [9.17, 15) is 13.2 Å². The van der Waals surface area contributed by atoms with Gasteiger partial charge in [0.25, 0.3) is 0 Å². The van der Waals surface area contributed by atoms with E-state index in [1.807, 2.05) is 47.0 Å². The molecule has 40 heavy (non-hydrogen) atoms. The van der Waals surface area contributed by atoms with Gasteiger partial charge < -0.3 is 9.47 Å². The van der Waals surface area contributed by atoms with Crippen LogP contribution in [0.3, 0.4) is 0 Å². The van der Waals surface area contributed by atoms with Crippen LogP contribution >= 0.6 is 72.3 Å². The number of hydrogen-bond donors (Lipinski definition) is 2. The molecule has 0 atom stereocenters. The maximum Gasteiger partial charge on any atom is 0.402 e. The number of benzene rings is 2. The van der Waals surface area contributed by atoms with Gasteiger partial charge in [0.15, 0.2) is 0 Å². The van der Waals surface area contributed by atoms with E-state index in [4.69, 9.17) is 9.47 Å². The molecule has 0 aromatic heterocycles. The Kier molecular flexibility index (Phi) is 18.8. The van der Waals surface area contributed by atoms with Crippen molar-refractivity contribution in [1.82, 2.24) is 0 Å². The average Bonchev–Trinajstić information content (AvgIpc) is 2.95. The van der Waals surface area contributed by atoms with Crippen molar-refractivity contribution >= 4 is 72.3 Å². The van der Waals surface area contributed by atoms with Crippen LogP contribution in [0.1, 0.15) is 30.9 Å². The summed E-state index contributed by atoms with van der Waals surface area (Å²) in [4.78, 5) is 0. The predicted octanol–water partition coefficient (Wildman–Crippen LogP) is 8.89.